The Bertz CT molecular complexity index is 649. The Labute approximate surface area is 156 Å². The van der Waals surface area contributed by atoms with Crippen molar-refractivity contribution in [1.82, 2.24) is 14.9 Å². The molecule has 1 rings (SSSR count). The van der Waals surface area contributed by atoms with Gasteiger partial charge in [0.15, 0.2) is 0 Å². The fourth-order valence-electron chi connectivity index (χ4n) is 2.30. The van der Waals surface area contributed by atoms with Crippen LogP contribution in [0.25, 0.3) is 0 Å². The lowest BCUT2D eigenvalue weighted by Gasteiger charge is -2.19. The average molecular weight is 394 g/mol. The fraction of sp³-hybridized carbons (Fsp3) is 0.562. The summed E-state index contributed by atoms with van der Waals surface area (Å²) < 4.78 is 31.8. The fourth-order valence-corrected chi connectivity index (χ4v) is 3.78. The number of ether oxygens (including phenoxy) is 1. The number of sulfonamides is 1. The Kier molecular flexibility index (Phi) is 10.7. The summed E-state index contributed by atoms with van der Waals surface area (Å²) in [5.41, 5.74) is 0.218. The lowest BCUT2D eigenvalue weighted by molar-refractivity contribution is 0.0950. The van der Waals surface area contributed by atoms with Crippen LogP contribution in [0.4, 0.5) is 0 Å². The van der Waals surface area contributed by atoms with E-state index in [9.17, 15) is 13.2 Å². The molecule has 0 spiro atoms. The summed E-state index contributed by atoms with van der Waals surface area (Å²) in [5, 5.41) is 5.77. The van der Waals surface area contributed by atoms with E-state index in [4.69, 9.17) is 4.74 Å². The number of nitrogens with one attached hydrogen (secondary N) is 2. The van der Waals surface area contributed by atoms with Crippen molar-refractivity contribution in [2.24, 2.45) is 0 Å². The second-order valence-corrected chi connectivity index (χ2v) is 7.10. The van der Waals surface area contributed by atoms with E-state index in [2.05, 4.69) is 10.6 Å². The third-order valence-electron chi connectivity index (χ3n) is 3.65. The molecule has 0 aliphatic carbocycles. The predicted octanol–water partition coefficient (Wildman–Crippen LogP) is 1.49. The minimum Gasteiger partial charge on any atom is -0.496 e. The maximum atomic E-state index is 12.6. The van der Waals surface area contributed by atoms with E-state index in [1.165, 1.54) is 29.6 Å². The highest BCUT2D eigenvalue weighted by molar-refractivity contribution is 7.89. The van der Waals surface area contributed by atoms with Gasteiger partial charge < -0.3 is 15.4 Å². The van der Waals surface area contributed by atoms with Crippen LogP contribution in [0.1, 0.15) is 30.6 Å². The van der Waals surface area contributed by atoms with Crippen molar-refractivity contribution in [3.05, 3.63) is 23.8 Å². The van der Waals surface area contributed by atoms with Crippen molar-refractivity contribution < 1.29 is 17.9 Å². The zero-order chi connectivity index (χ0) is 18.2. The van der Waals surface area contributed by atoms with Gasteiger partial charge in [-0.1, -0.05) is 13.8 Å². The van der Waals surface area contributed by atoms with Crippen molar-refractivity contribution in [3.63, 3.8) is 0 Å². The number of nitrogens with zero attached hydrogens (tertiary/aromatic N) is 1. The van der Waals surface area contributed by atoms with E-state index in [0.29, 0.717) is 25.4 Å². The van der Waals surface area contributed by atoms with E-state index in [1.54, 1.807) is 13.8 Å². The summed E-state index contributed by atoms with van der Waals surface area (Å²) in [7, 11) is -0.334. The van der Waals surface area contributed by atoms with Gasteiger partial charge in [0.25, 0.3) is 5.91 Å². The Morgan fingerprint density at radius 3 is 2.36 bits per heavy atom. The lowest BCUT2D eigenvalue weighted by Crippen LogP contribution is -2.31. The molecular weight excluding hydrogens is 366 g/mol. The molecule has 0 unspecified atom stereocenters. The van der Waals surface area contributed by atoms with Gasteiger partial charge in [-0.3, -0.25) is 4.79 Å². The smallest absolute Gasteiger partial charge is 0.255 e. The van der Waals surface area contributed by atoms with Crippen LogP contribution in [0.2, 0.25) is 0 Å². The number of hydrogen-bond donors (Lipinski definition) is 2. The quantitative estimate of drug-likeness (QED) is 0.588. The third kappa shape index (κ3) is 6.14. The molecule has 1 amide bonds. The van der Waals surface area contributed by atoms with Gasteiger partial charge in [-0.05, 0) is 38.2 Å². The first kappa shape index (κ1) is 23.6. The highest BCUT2D eigenvalue weighted by atomic mass is 35.5. The van der Waals surface area contributed by atoms with Gasteiger partial charge >= 0.3 is 0 Å². The molecule has 0 atom stereocenters. The standard InChI is InChI=1S/C16H27N3O4S.ClH/c1-5-19(6-2)24(21,22)13-8-9-15(23-4)14(12-13)16(20)18-11-7-10-17-3;/h8-9,12,17H,5-7,10-11H2,1-4H3,(H,18,20);1H. The van der Waals surface area contributed by atoms with Crippen LogP contribution in [0.3, 0.4) is 0 Å². The number of hydrogen-bond acceptors (Lipinski definition) is 5. The molecule has 25 heavy (non-hydrogen) atoms. The van der Waals surface area contributed by atoms with Crippen LogP contribution < -0.4 is 15.4 Å². The molecule has 0 radical (unpaired) electrons. The first-order chi connectivity index (χ1) is 11.4. The normalized spacial score (nSPS) is 11.1. The lowest BCUT2D eigenvalue weighted by atomic mass is 10.2. The van der Waals surface area contributed by atoms with Crippen LogP contribution in [-0.4, -0.2) is 59.0 Å². The number of rotatable bonds is 10. The molecule has 0 saturated carbocycles. The van der Waals surface area contributed by atoms with Gasteiger partial charge in [0, 0.05) is 19.6 Å². The molecule has 0 saturated heterocycles. The van der Waals surface area contributed by atoms with Gasteiger partial charge in [-0.25, -0.2) is 8.42 Å². The zero-order valence-corrected chi connectivity index (χ0v) is 16.8. The van der Waals surface area contributed by atoms with E-state index in [-0.39, 0.29) is 28.8 Å². The summed E-state index contributed by atoms with van der Waals surface area (Å²) in [5.74, 6) is -0.000775. The van der Waals surface area contributed by atoms with Crippen LogP contribution in [0.5, 0.6) is 5.75 Å². The second-order valence-electron chi connectivity index (χ2n) is 5.16. The molecule has 144 valence electrons. The minimum atomic E-state index is -3.62. The molecule has 1 aromatic rings. The molecule has 1 aromatic carbocycles. The van der Waals surface area contributed by atoms with Gasteiger partial charge in [0.05, 0.1) is 17.6 Å². The molecule has 7 nitrogen and oxygen atoms in total. The largest absolute Gasteiger partial charge is 0.496 e. The number of carbonyl (C=O) groups is 1. The molecule has 0 aliphatic heterocycles. The zero-order valence-electron chi connectivity index (χ0n) is 15.2. The number of amides is 1. The Morgan fingerprint density at radius 1 is 1.20 bits per heavy atom. The molecule has 0 heterocycles. The molecular formula is C16H28ClN3O4S. The first-order valence-corrected chi connectivity index (χ1v) is 9.47. The Balaban J connectivity index is 0.00000576. The number of methoxy groups -OCH3 is 1. The average Bonchev–Trinajstić information content (AvgIpc) is 2.58. The molecule has 9 heteroatoms. The van der Waals surface area contributed by atoms with Crippen LogP contribution in [0.15, 0.2) is 23.1 Å². The van der Waals surface area contributed by atoms with Crippen molar-refractivity contribution in [2.45, 2.75) is 25.2 Å². The summed E-state index contributed by atoms with van der Waals surface area (Å²) in [6.07, 6.45) is 0.780. The molecule has 0 bridgehead atoms. The van der Waals surface area contributed by atoms with Crippen molar-refractivity contribution in [1.29, 1.82) is 0 Å². The highest BCUT2D eigenvalue weighted by Crippen LogP contribution is 2.24. The van der Waals surface area contributed by atoms with Crippen molar-refractivity contribution in [3.8, 4) is 5.75 Å². The monoisotopic (exact) mass is 393 g/mol. The second kappa shape index (κ2) is 11.3. The van der Waals surface area contributed by atoms with E-state index in [0.717, 1.165) is 13.0 Å². The van der Waals surface area contributed by atoms with Gasteiger partial charge in [-0.2, -0.15) is 4.31 Å². The predicted molar refractivity (Wildman–Crippen MR) is 101 cm³/mol. The summed E-state index contributed by atoms with van der Waals surface area (Å²) in [6, 6.07) is 4.35. The van der Waals surface area contributed by atoms with Crippen LogP contribution >= 0.6 is 12.4 Å². The maximum absolute atomic E-state index is 12.6. The number of benzene rings is 1. The van der Waals surface area contributed by atoms with Crippen molar-refractivity contribution >= 4 is 28.3 Å². The number of carbonyl (C=O) groups excluding carboxylic acids is 1. The Morgan fingerprint density at radius 2 is 1.84 bits per heavy atom. The molecule has 0 aromatic heterocycles. The van der Waals surface area contributed by atoms with Crippen LogP contribution in [0, 0.1) is 0 Å². The topological polar surface area (TPSA) is 87.7 Å². The minimum absolute atomic E-state index is 0. The van der Waals surface area contributed by atoms with Gasteiger partial charge in [0.2, 0.25) is 10.0 Å². The molecule has 0 aliphatic rings. The summed E-state index contributed by atoms with van der Waals surface area (Å²) in [6.45, 7) is 5.58. The van der Waals surface area contributed by atoms with Gasteiger partial charge in [0.1, 0.15) is 5.75 Å². The molecule has 0 fully saturated rings. The Hall–Kier alpha value is -1.35. The van der Waals surface area contributed by atoms with E-state index < -0.39 is 10.0 Å². The molecule has 2 N–H and O–H groups in total. The summed E-state index contributed by atoms with van der Waals surface area (Å²) in [4.78, 5) is 12.4. The maximum Gasteiger partial charge on any atom is 0.255 e. The van der Waals surface area contributed by atoms with E-state index >= 15 is 0 Å². The first-order valence-electron chi connectivity index (χ1n) is 8.03. The number of halogens is 1. The third-order valence-corrected chi connectivity index (χ3v) is 5.69. The SMILES string of the molecule is CCN(CC)S(=O)(=O)c1ccc(OC)c(C(=O)NCCCNC)c1.Cl. The summed E-state index contributed by atoms with van der Waals surface area (Å²) >= 11 is 0. The van der Waals surface area contributed by atoms with Crippen LogP contribution in [-0.2, 0) is 10.0 Å². The van der Waals surface area contributed by atoms with Gasteiger partial charge in [-0.15, -0.1) is 12.4 Å². The van der Waals surface area contributed by atoms with E-state index in [1.807, 2.05) is 7.05 Å². The highest BCUT2D eigenvalue weighted by Gasteiger charge is 2.24. The van der Waals surface area contributed by atoms with Crippen molar-refractivity contribution in [2.75, 3.05) is 40.3 Å².